The molecule has 2 unspecified atom stereocenters. The minimum absolute atomic E-state index is 0.100. The predicted molar refractivity (Wildman–Crippen MR) is 154 cm³/mol. The Kier molecular flexibility index (Phi) is 10.6. The quantitative estimate of drug-likeness (QED) is 0.399. The van der Waals surface area contributed by atoms with Crippen molar-refractivity contribution in [1.29, 1.82) is 0 Å². The topological polar surface area (TPSA) is 108 Å². The molecule has 0 radical (unpaired) electrons. The maximum absolute atomic E-state index is 14.3. The molecule has 2 atom stereocenters. The lowest BCUT2D eigenvalue weighted by Crippen LogP contribution is -2.55. The summed E-state index contributed by atoms with van der Waals surface area (Å²) in [5.41, 5.74) is 2.13. The fourth-order valence-corrected chi connectivity index (χ4v) is 4.28. The largest absolute Gasteiger partial charge is 0.508 e. The number of aryl methyl sites for hydroxylation is 1. The van der Waals surface area contributed by atoms with Gasteiger partial charge in [-0.15, -0.1) is 0 Å². The Hall–Kier alpha value is -3.55. The number of carbonyl (C=O) groups excluding carboxylic acids is 3. The summed E-state index contributed by atoms with van der Waals surface area (Å²) < 4.78 is 5.47. The second-order valence-electron chi connectivity index (χ2n) is 12.0. The summed E-state index contributed by atoms with van der Waals surface area (Å²) in [6.45, 7) is 17.1. The molecule has 2 aromatic rings. The van der Waals surface area contributed by atoms with E-state index in [1.165, 1.54) is 12.1 Å². The van der Waals surface area contributed by atoms with E-state index < -0.39 is 35.2 Å². The zero-order valence-electron chi connectivity index (χ0n) is 24.8. The average Bonchev–Trinajstić information content (AvgIpc) is 2.79. The number of amides is 3. The standard InChI is InChI=1S/C31H45N3O5/c1-10-18-34(26(27(36)33-30(4,5)6)24-13-11-12-20(2)21(24)3)28(37)25(32-29(38)39-31(7,8)9)19-22-14-16-23(35)17-15-22/h11-17,25-26,35H,10,18-19H2,1-9H3,(H,32,38)(H,33,36). The van der Waals surface area contributed by atoms with E-state index in [0.29, 0.717) is 13.0 Å². The first-order chi connectivity index (χ1) is 18.0. The highest BCUT2D eigenvalue weighted by molar-refractivity contribution is 5.92. The summed E-state index contributed by atoms with van der Waals surface area (Å²) in [5, 5.41) is 15.5. The molecule has 3 amide bonds. The lowest BCUT2D eigenvalue weighted by atomic mass is 9.93. The van der Waals surface area contributed by atoms with Crippen LogP contribution in [0.15, 0.2) is 42.5 Å². The Balaban J connectivity index is 2.60. The number of phenols is 1. The van der Waals surface area contributed by atoms with Gasteiger partial charge < -0.3 is 25.4 Å². The van der Waals surface area contributed by atoms with Gasteiger partial charge in [0.25, 0.3) is 0 Å². The number of rotatable bonds is 9. The highest BCUT2D eigenvalue weighted by atomic mass is 16.6. The van der Waals surface area contributed by atoms with Gasteiger partial charge in [-0.2, -0.15) is 0 Å². The van der Waals surface area contributed by atoms with Crippen molar-refractivity contribution in [3.63, 3.8) is 0 Å². The van der Waals surface area contributed by atoms with Gasteiger partial charge in [-0.3, -0.25) is 9.59 Å². The number of nitrogens with one attached hydrogen (secondary N) is 2. The number of aromatic hydroxyl groups is 1. The third kappa shape index (κ3) is 9.61. The van der Waals surface area contributed by atoms with Crippen LogP contribution in [0.25, 0.3) is 0 Å². The van der Waals surface area contributed by atoms with Gasteiger partial charge >= 0.3 is 6.09 Å². The second kappa shape index (κ2) is 13.0. The molecule has 214 valence electrons. The Morgan fingerprint density at radius 2 is 1.59 bits per heavy atom. The summed E-state index contributed by atoms with van der Waals surface area (Å²) in [6.07, 6.45) is 0.0336. The smallest absolute Gasteiger partial charge is 0.408 e. The Morgan fingerprint density at radius 1 is 0.974 bits per heavy atom. The van der Waals surface area contributed by atoms with Gasteiger partial charge in [0.1, 0.15) is 23.4 Å². The molecule has 0 saturated heterocycles. The molecule has 0 aliphatic rings. The molecule has 2 rings (SSSR count). The molecular weight excluding hydrogens is 494 g/mol. The molecule has 0 spiro atoms. The van der Waals surface area contributed by atoms with E-state index in [-0.39, 0.29) is 18.1 Å². The number of ether oxygens (including phenoxy) is 1. The van der Waals surface area contributed by atoms with Crippen LogP contribution in [0.4, 0.5) is 4.79 Å². The molecule has 3 N–H and O–H groups in total. The molecule has 8 heteroatoms. The summed E-state index contributed by atoms with van der Waals surface area (Å²) in [5.74, 6) is -0.590. The van der Waals surface area contributed by atoms with Gasteiger partial charge in [0.15, 0.2) is 0 Å². The van der Waals surface area contributed by atoms with Crippen LogP contribution in [0, 0.1) is 13.8 Å². The second-order valence-corrected chi connectivity index (χ2v) is 12.0. The lowest BCUT2D eigenvalue weighted by Gasteiger charge is -2.36. The van der Waals surface area contributed by atoms with E-state index in [4.69, 9.17) is 4.74 Å². The SMILES string of the molecule is CCCN(C(=O)C(Cc1ccc(O)cc1)NC(=O)OC(C)(C)C)C(C(=O)NC(C)(C)C)c1cccc(C)c1C. The minimum Gasteiger partial charge on any atom is -0.508 e. The number of carbonyl (C=O) groups is 3. The van der Waals surface area contributed by atoms with Gasteiger partial charge in [0, 0.05) is 18.5 Å². The Bertz CT molecular complexity index is 1150. The summed E-state index contributed by atoms with van der Waals surface area (Å²) in [4.78, 5) is 42.5. The van der Waals surface area contributed by atoms with Crippen LogP contribution < -0.4 is 10.6 Å². The summed E-state index contributed by atoms with van der Waals surface area (Å²) in [7, 11) is 0. The van der Waals surface area contributed by atoms with Gasteiger partial charge in [0.05, 0.1) is 0 Å². The van der Waals surface area contributed by atoms with Crippen LogP contribution in [0.1, 0.15) is 83.2 Å². The van der Waals surface area contributed by atoms with Crippen LogP contribution in [0.5, 0.6) is 5.75 Å². The fraction of sp³-hybridized carbons (Fsp3) is 0.516. The number of benzene rings is 2. The number of hydrogen-bond acceptors (Lipinski definition) is 5. The zero-order chi connectivity index (χ0) is 29.5. The molecule has 39 heavy (non-hydrogen) atoms. The van der Waals surface area contributed by atoms with Crippen molar-refractivity contribution >= 4 is 17.9 Å². The molecule has 0 aliphatic heterocycles. The third-order valence-corrected chi connectivity index (χ3v) is 6.11. The van der Waals surface area contributed by atoms with Crippen LogP contribution in [-0.2, 0) is 20.7 Å². The van der Waals surface area contributed by atoms with Gasteiger partial charge in [0.2, 0.25) is 11.8 Å². The van der Waals surface area contributed by atoms with Crippen molar-refractivity contribution in [3.05, 3.63) is 64.7 Å². The normalized spacial score (nSPS) is 13.3. The predicted octanol–water partition coefficient (Wildman–Crippen LogP) is 5.34. The van der Waals surface area contributed by atoms with Crippen LogP contribution in [0.3, 0.4) is 0 Å². The zero-order valence-corrected chi connectivity index (χ0v) is 24.8. The minimum atomic E-state index is -1.01. The first kappa shape index (κ1) is 31.7. The first-order valence-corrected chi connectivity index (χ1v) is 13.5. The highest BCUT2D eigenvalue weighted by Crippen LogP contribution is 2.28. The molecular formula is C31H45N3O5. The van der Waals surface area contributed by atoms with E-state index in [1.54, 1.807) is 37.8 Å². The first-order valence-electron chi connectivity index (χ1n) is 13.5. The molecule has 0 fully saturated rings. The molecule has 8 nitrogen and oxygen atoms in total. The molecule has 0 aliphatic carbocycles. The third-order valence-electron chi connectivity index (χ3n) is 6.11. The van der Waals surface area contributed by atoms with E-state index in [2.05, 4.69) is 10.6 Å². The highest BCUT2D eigenvalue weighted by Gasteiger charge is 2.37. The Morgan fingerprint density at radius 3 is 2.13 bits per heavy atom. The van der Waals surface area contributed by atoms with Crippen molar-refractivity contribution < 1.29 is 24.2 Å². The van der Waals surface area contributed by atoms with E-state index in [1.807, 2.05) is 59.7 Å². The van der Waals surface area contributed by atoms with Gasteiger partial charge in [-0.25, -0.2) is 4.79 Å². The van der Waals surface area contributed by atoms with Crippen LogP contribution in [0.2, 0.25) is 0 Å². The van der Waals surface area contributed by atoms with Gasteiger partial charge in [-0.1, -0.05) is 37.3 Å². The van der Waals surface area contributed by atoms with Crippen molar-refractivity contribution in [2.75, 3.05) is 6.54 Å². The number of nitrogens with zero attached hydrogens (tertiary/aromatic N) is 1. The lowest BCUT2D eigenvalue weighted by molar-refractivity contribution is -0.143. The number of alkyl carbamates (subject to hydrolysis) is 1. The van der Waals surface area contributed by atoms with Crippen molar-refractivity contribution in [2.24, 2.45) is 0 Å². The number of phenolic OH excluding ortho intramolecular Hbond substituents is 1. The maximum atomic E-state index is 14.3. The summed E-state index contributed by atoms with van der Waals surface area (Å²) >= 11 is 0. The van der Waals surface area contributed by atoms with Crippen LogP contribution >= 0.6 is 0 Å². The van der Waals surface area contributed by atoms with E-state index in [9.17, 15) is 19.5 Å². The number of hydrogen-bond donors (Lipinski definition) is 3. The molecule has 0 bridgehead atoms. The van der Waals surface area contributed by atoms with Gasteiger partial charge in [-0.05, 0) is 96.2 Å². The fourth-order valence-electron chi connectivity index (χ4n) is 4.28. The van der Waals surface area contributed by atoms with Crippen molar-refractivity contribution in [1.82, 2.24) is 15.5 Å². The Labute approximate surface area is 233 Å². The van der Waals surface area contributed by atoms with Crippen molar-refractivity contribution in [2.45, 2.75) is 98.4 Å². The molecule has 0 heterocycles. The summed E-state index contributed by atoms with van der Waals surface area (Å²) in [6, 6.07) is 10.3. The van der Waals surface area contributed by atoms with E-state index >= 15 is 0 Å². The van der Waals surface area contributed by atoms with Crippen molar-refractivity contribution in [3.8, 4) is 5.75 Å². The molecule has 0 aromatic heterocycles. The van der Waals surface area contributed by atoms with E-state index in [0.717, 1.165) is 22.3 Å². The maximum Gasteiger partial charge on any atom is 0.408 e. The van der Waals surface area contributed by atoms with Crippen LogP contribution in [-0.4, -0.2) is 51.6 Å². The average molecular weight is 540 g/mol. The molecule has 0 saturated carbocycles. The monoisotopic (exact) mass is 539 g/mol. The molecule has 2 aromatic carbocycles.